The number of nitrogens with zero attached hydrogens (tertiary/aromatic N) is 4. The fourth-order valence-corrected chi connectivity index (χ4v) is 2.02. The maximum Gasteiger partial charge on any atom is 0.344 e. The van der Waals surface area contributed by atoms with Crippen LogP contribution < -0.4 is 10.2 Å². The summed E-state index contributed by atoms with van der Waals surface area (Å²) in [4.78, 5) is 16.4. The van der Waals surface area contributed by atoms with Crippen LogP contribution in [0.5, 0.6) is 0 Å². The lowest BCUT2D eigenvalue weighted by Gasteiger charge is -2.21. The first-order valence-electron chi connectivity index (χ1n) is 5.21. The molecule has 0 radical (unpaired) electrons. The highest BCUT2D eigenvalue weighted by atomic mass is 16.6. The van der Waals surface area contributed by atoms with E-state index in [1.165, 1.54) is 10.8 Å². The van der Waals surface area contributed by atoms with Gasteiger partial charge in [0, 0.05) is 19.6 Å². The number of hydrogen-bond donors (Lipinski definition) is 1. The molecule has 7 nitrogen and oxygen atoms in total. The second-order valence-electron chi connectivity index (χ2n) is 3.99. The molecule has 2 rings (SSSR count). The van der Waals surface area contributed by atoms with Crippen molar-refractivity contribution in [3.63, 3.8) is 0 Å². The zero-order valence-corrected chi connectivity index (χ0v) is 9.38. The number of hydrogen-bond acceptors (Lipinski definition) is 5. The maximum absolute atomic E-state index is 10.7. The highest BCUT2D eigenvalue weighted by Crippen LogP contribution is 2.21. The van der Waals surface area contributed by atoms with Crippen LogP contribution >= 0.6 is 0 Å². The van der Waals surface area contributed by atoms with Gasteiger partial charge >= 0.3 is 5.82 Å². The third-order valence-electron chi connectivity index (χ3n) is 3.02. The van der Waals surface area contributed by atoms with Gasteiger partial charge in [0.25, 0.3) is 5.95 Å². The van der Waals surface area contributed by atoms with Crippen LogP contribution in [0.15, 0.2) is 6.20 Å². The second kappa shape index (κ2) is 4.09. The molecular weight excluding hydrogens is 210 g/mol. The monoisotopic (exact) mass is 225 g/mol. The van der Waals surface area contributed by atoms with Crippen molar-refractivity contribution in [3.05, 3.63) is 16.3 Å². The molecule has 0 aromatic carbocycles. The number of imidazole rings is 1. The predicted molar refractivity (Wildman–Crippen MR) is 59.5 cm³/mol. The first-order chi connectivity index (χ1) is 7.61. The van der Waals surface area contributed by atoms with Gasteiger partial charge in [0.05, 0.1) is 7.05 Å². The van der Waals surface area contributed by atoms with Crippen molar-refractivity contribution >= 4 is 11.8 Å². The van der Waals surface area contributed by atoms with Crippen molar-refractivity contribution < 1.29 is 4.92 Å². The summed E-state index contributed by atoms with van der Waals surface area (Å²) in [5.41, 5.74) is 0. The standard InChI is InChI=1S/C9H15N5O2/c1-12(7-3-4-10-5-7)9-11-6-8(13(9)2)14(15)16/h6-7,10H,3-5H2,1-2H3. The zero-order valence-electron chi connectivity index (χ0n) is 9.38. The van der Waals surface area contributed by atoms with Crippen LogP contribution in [-0.2, 0) is 7.05 Å². The smallest absolute Gasteiger partial charge is 0.344 e. The van der Waals surface area contributed by atoms with Gasteiger partial charge in [-0.2, -0.15) is 9.55 Å². The Morgan fingerprint density at radius 3 is 3.00 bits per heavy atom. The minimum atomic E-state index is -0.419. The summed E-state index contributed by atoms with van der Waals surface area (Å²) in [6.07, 6.45) is 2.34. The minimum Gasteiger partial charge on any atom is -0.358 e. The molecule has 2 heterocycles. The third kappa shape index (κ3) is 1.73. The average molecular weight is 225 g/mol. The minimum absolute atomic E-state index is 0.0211. The van der Waals surface area contributed by atoms with Crippen molar-refractivity contribution in [2.75, 3.05) is 25.0 Å². The van der Waals surface area contributed by atoms with E-state index >= 15 is 0 Å². The van der Waals surface area contributed by atoms with E-state index in [1.54, 1.807) is 7.05 Å². The van der Waals surface area contributed by atoms with Crippen molar-refractivity contribution in [2.24, 2.45) is 7.05 Å². The predicted octanol–water partition coefficient (Wildman–Crippen LogP) is 0.126. The molecule has 0 saturated carbocycles. The van der Waals surface area contributed by atoms with Gasteiger partial charge in [-0.3, -0.25) is 0 Å². The Morgan fingerprint density at radius 2 is 2.50 bits per heavy atom. The van der Waals surface area contributed by atoms with E-state index in [4.69, 9.17) is 0 Å². The summed E-state index contributed by atoms with van der Waals surface area (Å²) in [5, 5.41) is 14.0. The molecule has 0 amide bonds. The van der Waals surface area contributed by atoms with Crippen LogP contribution in [0.2, 0.25) is 0 Å². The van der Waals surface area contributed by atoms with Gasteiger partial charge in [0.2, 0.25) is 0 Å². The van der Waals surface area contributed by atoms with E-state index < -0.39 is 4.92 Å². The molecule has 1 aliphatic rings. The lowest BCUT2D eigenvalue weighted by molar-refractivity contribution is -0.391. The first kappa shape index (κ1) is 10.9. The SMILES string of the molecule is CN(c1ncc([N+](=O)[O-])n1C)C1CCNC1. The van der Waals surface area contributed by atoms with Crippen LogP contribution in [0.1, 0.15) is 6.42 Å². The fourth-order valence-electron chi connectivity index (χ4n) is 2.02. The summed E-state index contributed by atoms with van der Waals surface area (Å²) in [5.74, 6) is 0.660. The number of rotatable bonds is 3. The van der Waals surface area contributed by atoms with E-state index in [0.717, 1.165) is 19.5 Å². The summed E-state index contributed by atoms with van der Waals surface area (Å²) in [6, 6.07) is 0.362. The molecule has 88 valence electrons. The summed E-state index contributed by atoms with van der Waals surface area (Å²) >= 11 is 0. The fraction of sp³-hybridized carbons (Fsp3) is 0.667. The maximum atomic E-state index is 10.7. The summed E-state index contributed by atoms with van der Waals surface area (Å²) < 4.78 is 1.51. The van der Waals surface area contributed by atoms with Gasteiger partial charge in [-0.15, -0.1) is 0 Å². The van der Waals surface area contributed by atoms with Gasteiger partial charge < -0.3 is 20.3 Å². The quantitative estimate of drug-likeness (QED) is 0.584. The largest absolute Gasteiger partial charge is 0.358 e. The second-order valence-corrected chi connectivity index (χ2v) is 3.99. The van der Waals surface area contributed by atoms with Gasteiger partial charge in [-0.25, -0.2) is 0 Å². The normalized spacial score (nSPS) is 20.0. The zero-order chi connectivity index (χ0) is 11.7. The Hall–Kier alpha value is -1.63. The van der Waals surface area contributed by atoms with Crippen molar-refractivity contribution in [3.8, 4) is 0 Å². The molecule has 16 heavy (non-hydrogen) atoms. The Balaban J connectivity index is 2.23. The number of nitrogens with one attached hydrogen (secondary N) is 1. The van der Waals surface area contributed by atoms with E-state index in [9.17, 15) is 10.1 Å². The molecule has 0 spiro atoms. The number of aromatic nitrogens is 2. The Bertz CT molecular complexity index is 397. The molecule has 1 unspecified atom stereocenters. The molecule has 0 bridgehead atoms. The van der Waals surface area contributed by atoms with Gasteiger partial charge in [0.15, 0.2) is 0 Å². The number of nitro groups is 1. The third-order valence-corrected chi connectivity index (χ3v) is 3.02. The lowest BCUT2D eigenvalue weighted by atomic mass is 10.2. The van der Waals surface area contributed by atoms with Crippen molar-refractivity contribution in [2.45, 2.75) is 12.5 Å². The molecule has 1 atom stereocenters. The average Bonchev–Trinajstić information content (AvgIpc) is 2.84. The van der Waals surface area contributed by atoms with Crippen molar-refractivity contribution in [1.29, 1.82) is 0 Å². The number of anilines is 1. The first-order valence-corrected chi connectivity index (χ1v) is 5.21. The highest BCUT2D eigenvalue weighted by Gasteiger charge is 2.26. The van der Waals surface area contributed by atoms with Crippen LogP contribution in [-0.4, -0.2) is 40.7 Å². The van der Waals surface area contributed by atoms with E-state index in [-0.39, 0.29) is 5.82 Å². The van der Waals surface area contributed by atoms with E-state index in [1.807, 2.05) is 11.9 Å². The van der Waals surface area contributed by atoms with Gasteiger partial charge in [-0.1, -0.05) is 0 Å². The molecule has 1 aromatic heterocycles. The van der Waals surface area contributed by atoms with Crippen LogP contribution in [0.4, 0.5) is 11.8 Å². The molecule has 7 heteroatoms. The number of likely N-dealkylation sites (N-methyl/N-ethyl adjacent to an activating group) is 1. The van der Waals surface area contributed by atoms with Crippen molar-refractivity contribution in [1.82, 2.24) is 14.9 Å². The topological polar surface area (TPSA) is 76.2 Å². The van der Waals surface area contributed by atoms with Gasteiger partial charge in [-0.05, 0) is 17.9 Å². The molecule has 1 saturated heterocycles. The Morgan fingerprint density at radius 1 is 1.75 bits per heavy atom. The Kier molecular flexibility index (Phi) is 2.78. The molecule has 1 fully saturated rings. The summed E-state index contributed by atoms with van der Waals surface area (Å²) in [6.45, 7) is 1.89. The molecular formula is C9H15N5O2. The van der Waals surface area contributed by atoms with Gasteiger partial charge in [0.1, 0.15) is 6.20 Å². The van der Waals surface area contributed by atoms with Crippen LogP contribution in [0, 0.1) is 10.1 Å². The molecule has 1 aliphatic heterocycles. The Labute approximate surface area is 93.2 Å². The lowest BCUT2D eigenvalue weighted by Crippen LogP contribution is -2.35. The van der Waals surface area contributed by atoms with Crippen LogP contribution in [0.25, 0.3) is 0 Å². The summed E-state index contributed by atoms with van der Waals surface area (Å²) in [7, 11) is 3.59. The van der Waals surface area contributed by atoms with E-state index in [0.29, 0.717) is 12.0 Å². The molecule has 0 aliphatic carbocycles. The highest BCUT2D eigenvalue weighted by molar-refractivity contribution is 5.39. The van der Waals surface area contributed by atoms with E-state index in [2.05, 4.69) is 10.3 Å². The van der Waals surface area contributed by atoms with Crippen LogP contribution in [0.3, 0.4) is 0 Å². The molecule has 1 aromatic rings. The molecule has 1 N–H and O–H groups in total.